The van der Waals surface area contributed by atoms with E-state index in [1.165, 1.54) is 0 Å². The third kappa shape index (κ3) is 161. The molecular weight excluding hydrogens is 333 g/mol. The van der Waals surface area contributed by atoms with Crippen molar-refractivity contribution >= 4 is 11.9 Å². The number of hydrogen-bond acceptors (Lipinski definition) is 2. The molecule has 0 saturated heterocycles. The molecule has 2 N–H and O–H groups in total. The van der Waals surface area contributed by atoms with Crippen LogP contribution in [0.4, 0.5) is 0 Å². The number of hydrogen-bond donors (Lipinski definition) is 2. The normalized spacial score (nSPS) is 5.06. The maximum absolute atomic E-state index is 9.31. The van der Waals surface area contributed by atoms with E-state index in [0.29, 0.717) is 0 Å². The Balaban J connectivity index is -0.0000000160. The van der Waals surface area contributed by atoms with Crippen LogP contribution in [0.25, 0.3) is 0 Å². The number of carbonyl (C=O) groups is 2. The summed E-state index contributed by atoms with van der Waals surface area (Å²) in [4.78, 5) is 18.6. The van der Waals surface area contributed by atoms with Crippen molar-refractivity contribution < 1.29 is 74.2 Å². The number of aliphatic carboxylic acids is 2. The van der Waals surface area contributed by atoms with Crippen LogP contribution in [-0.2, 0) is 64.0 Å². The van der Waals surface area contributed by atoms with Crippen LogP contribution in [0.3, 0.4) is 0 Å². The molecule has 0 rings (SSSR count). The molecule has 0 heterocycles. The van der Waals surface area contributed by atoms with Gasteiger partial charge in [0.05, 0.1) is 0 Å². The Morgan fingerprint density at radius 1 is 0.941 bits per heavy atom. The van der Waals surface area contributed by atoms with Crippen LogP contribution in [-0.4, -0.2) is 22.2 Å². The van der Waals surface area contributed by atoms with Crippen molar-refractivity contribution in [3.63, 3.8) is 0 Å². The van der Waals surface area contributed by atoms with E-state index in [1.807, 2.05) is 13.8 Å². The summed E-state index contributed by atoms with van der Waals surface area (Å²) >= 11 is 0. The van der Waals surface area contributed by atoms with E-state index in [0.717, 1.165) is 0 Å². The monoisotopic (exact) mass is 357 g/mol. The first kappa shape index (κ1) is 43.1. The minimum Gasteiger partial charge on any atom is -0.483 e. The fourth-order valence-corrected chi connectivity index (χ4v) is 0. The van der Waals surface area contributed by atoms with Crippen LogP contribution in [0.15, 0.2) is 0 Å². The summed E-state index contributed by atoms with van der Waals surface area (Å²) < 4.78 is 0. The zero-order chi connectivity index (χ0) is 12.6. The van der Waals surface area contributed by atoms with Crippen LogP contribution in [0, 0.1) is 28.2 Å². The molecule has 0 aromatic carbocycles. The van der Waals surface area contributed by atoms with Crippen molar-refractivity contribution in [2.24, 2.45) is 0 Å². The average molecular weight is 357 g/mol. The molecule has 0 aromatic heterocycles. The fraction of sp³-hybridized carbons (Fsp3) is 0.455. The molecule has 0 aliphatic rings. The molecule has 0 spiro atoms. The summed E-state index contributed by atoms with van der Waals surface area (Å²) in [6.45, 7) is 15.2. The minimum absolute atomic E-state index is 0. The van der Waals surface area contributed by atoms with E-state index in [9.17, 15) is 9.59 Å². The number of rotatable bonds is 2. The van der Waals surface area contributed by atoms with Crippen LogP contribution in [0.2, 0.25) is 0 Å². The molecule has 0 fully saturated rings. The van der Waals surface area contributed by atoms with Gasteiger partial charge < -0.3 is 38.4 Å². The predicted molar refractivity (Wildman–Crippen MR) is 64.0 cm³/mol. The first-order chi connectivity index (χ1) is 6.54. The van der Waals surface area contributed by atoms with E-state index in [-0.39, 0.29) is 74.7 Å². The zero-order valence-corrected chi connectivity index (χ0v) is 15.7. The topological polar surface area (TPSA) is 74.6 Å². The van der Waals surface area contributed by atoms with Gasteiger partial charge in [0.2, 0.25) is 0 Å². The van der Waals surface area contributed by atoms with Gasteiger partial charge in [-0.05, 0) is 0 Å². The van der Waals surface area contributed by atoms with Gasteiger partial charge in [0.25, 0.3) is 11.9 Å². The summed E-state index contributed by atoms with van der Waals surface area (Å²) in [7, 11) is 0. The summed E-state index contributed by atoms with van der Waals surface area (Å²) in [6, 6.07) is 0. The second-order valence-corrected chi connectivity index (χ2v) is 1.29. The summed E-state index contributed by atoms with van der Waals surface area (Å²) in [6.07, 6.45) is -0.0556. The Morgan fingerprint density at radius 3 is 1.00 bits per heavy atom. The second kappa shape index (κ2) is 54.3. The summed E-state index contributed by atoms with van der Waals surface area (Å²) in [5.74, 6) is -1.71. The molecule has 0 aliphatic carbocycles. The molecule has 0 aliphatic heterocycles. The van der Waals surface area contributed by atoms with Gasteiger partial charge in [0.1, 0.15) is 0 Å². The van der Waals surface area contributed by atoms with Gasteiger partial charge >= 0.3 is 21.7 Å². The minimum atomic E-state index is -0.856. The third-order valence-corrected chi connectivity index (χ3v) is 0.428. The molecule has 0 amide bonds. The smallest absolute Gasteiger partial charge is 0.483 e. The van der Waals surface area contributed by atoms with Crippen LogP contribution >= 0.6 is 0 Å². The maximum atomic E-state index is 9.31. The first-order valence-electron chi connectivity index (χ1n) is 4.27. The molecular formula is C11H24O4TiY-. The Kier molecular flexibility index (Phi) is 138. The quantitative estimate of drug-likeness (QED) is 0.589. The molecule has 0 atom stereocenters. The third-order valence-electron chi connectivity index (χ3n) is 0.428. The molecule has 100 valence electrons. The molecule has 0 aromatic rings. The van der Waals surface area contributed by atoms with Crippen molar-refractivity contribution in [2.45, 2.75) is 33.6 Å². The average Bonchev–Trinajstić information content (AvgIpc) is 2.24. The van der Waals surface area contributed by atoms with Gasteiger partial charge in [-0.2, -0.15) is 6.92 Å². The standard InChI is InChI=1S/2C3H5O2.C2H6.C2H5.CH3.Ti.Y/c2*1-2-3(4)5;2*1-2;;;/h2*1-2H2,(H,4,5);1-2H3;1H2,2H3;1H3;;/q2*-1;;2*-1;+3;. The molecule has 0 saturated carbocycles. The Morgan fingerprint density at radius 2 is 1.00 bits per heavy atom. The van der Waals surface area contributed by atoms with Crippen molar-refractivity contribution in [1.82, 2.24) is 0 Å². The van der Waals surface area contributed by atoms with Crippen molar-refractivity contribution in [1.29, 1.82) is 0 Å². The molecule has 2 radical (unpaired) electrons. The first-order valence-corrected chi connectivity index (χ1v) is 4.27. The fourth-order valence-electron chi connectivity index (χ4n) is 0. The van der Waals surface area contributed by atoms with Gasteiger partial charge in [-0.15, -0.1) is 0 Å². The largest absolute Gasteiger partial charge is 3.00 e. The summed E-state index contributed by atoms with van der Waals surface area (Å²) in [5, 5.41) is 15.3. The van der Waals surface area contributed by atoms with Crippen molar-refractivity contribution in [3.8, 4) is 0 Å². The van der Waals surface area contributed by atoms with E-state index in [2.05, 4.69) is 20.8 Å². The van der Waals surface area contributed by atoms with Crippen LogP contribution in [0.1, 0.15) is 33.6 Å². The molecule has 0 unspecified atom stereocenters. The molecule has 0 bridgehead atoms. The van der Waals surface area contributed by atoms with E-state index < -0.39 is 11.9 Å². The molecule has 6 heteroatoms. The molecule has 4 nitrogen and oxygen atoms in total. The zero-order valence-electron chi connectivity index (χ0n) is 11.3. The van der Waals surface area contributed by atoms with Gasteiger partial charge in [0, 0.05) is 32.7 Å². The van der Waals surface area contributed by atoms with Gasteiger partial charge in [0.15, 0.2) is 0 Å². The van der Waals surface area contributed by atoms with Gasteiger partial charge in [-0.25, -0.2) is 0 Å². The summed E-state index contributed by atoms with van der Waals surface area (Å²) in [5.41, 5.74) is 0. The van der Waals surface area contributed by atoms with Gasteiger partial charge in [-0.3, -0.25) is 9.59 Å². The Hall–Kier alpha value is 0.758. The maximum Gasteiger partial charge on any atom is 3.00 e. The second-order valence-electron chi connectivity index (χ2n) is 1.29. The van der Waals surface area contributed by atoms with E-state index in [1.54, 1.807) is 6.92 Å². The van der Waals surface area contributed by atoms with Crippen molar-refractivity contribution in [3.05, 3.63) is 28.2 Å². The van der Waals surface area contributed by atoms with E-state index in [4.69, 9.17) is 10.2 Å². The van der Waals surface area contributed by atoms with Crippen LogP contribution in [0.5, 0.6) is 0 Å². The Labute approximate surface area is 147 Å². The van der Waals surface area contributed by atoms with E-state index >= 15 is 0 Å². The molecule has 17 heavy (non-hydrogen) atoms. The van der Waals surface area contributed by atoms with Gasteiger partial charge in [-0.1, -0.05) is 26.7 Å². The number of carboxylic acids is 2. The number of carboxylic acid groups (broad SMARTS) is 2. The predicted octanol–water partition coefficient (Wildman–Crippen LogP) is 2.90. The van der Waals surface area contributed by atoms with Crippen molar-refractivity contribution in [2.75, 3.05) is 0 Å². The Bertz CT molecular complexity index is 108. The van der Waals surface area contributed by atoms with Crippen LogP contribution < -0.4 is 0 Å². The SMILES string of the molecule is CC.[CH2-]C.[CH2-]CC(=O)O.[CH2-]CC(=O)O.[CH3-].[Ti+3].[Y].